The molecule has 1 fully saturated rings. The molecule has 0 spiro atoms. The number of anilines is 2. The van der Waals surface area contributed by atoms with Crippen molar-refractivity contribution in [1.29, 1.82) is 0 Å². The monoisotopic (exact) mass is 548 g/mol. The number of halogens is 3. The minimum atomic E-state index is -4.53. The second-order valence-corrected chi connectivity index (χ2v) is 10.2. The number of alkyl halides is 3. The molecule has 7 nitrogen and oxygen atoms in total. The Balaban J connectivity index is 1.38. The standard InChI is InChI=1S/C30H31F3N6O/c1-4-24-15-28(36-17-35-24)39-29(9-19(3)38-39)37-26-12-20(6-5-18(26)2)13-27(40)22-10-21(16-34-25-7-8-25)11-23(14-22)30(31,32)33/h5-6,9-12,14-15,17,25,34,37H,4,7-8,13,16H2,1-3H3. The van der Waals surface area contributed by atoms with Crippen LogP contribution < -0.4 is 10.6 Å². The van der Waals surface area contributed by atoms with Gasteiger partial charge < -0.3 is 10.6 Å². The maximum Gasteiger partial charge on any atom is 0.416 e. The van der Waals surface area contributed by atoms with Gasteiger partial charge in [-0.1, -0.05) is 19.1 Å². The quantitative estimate of drug-likeness (QED) is 0.227. The van der Waals surface area contributed by atoms with Crippen molar-refractivity contribution in [3.8, 4) is 5.82 Å². The molecule has 5 rings (SSSR count). The summed E-state index contributed by atoms with van der Waals surface area (Å²) in [5, 5.41) is 11.2. The lowest BCUT2D eigenvalue weighted by atomic mass is 9.97. The normalized spacial score (nSPS) is 13.4. The third kappa shape index (κ3) is 6.56. The Morgan fingerprint density at radius 3 is 2.55 bits per heavy atom. The Kier molecular flexibility index (Phi) is 7.71. The number of benzene rings is 2. The lowest BCUT2D eigenvalue weighted by molar-refractivity contribution is -0.137. The van der Waals surface area contributed by atoms with Crippen LogP contribution in [0.4, 0.5) is 24.7 Å². The lowest BCUT2D eigenvalue weighted by Crippen LogP contribution is -2.17. The fourth-order valence-corrected chi connectivity index (χ4v) is 4.47. The molecular weight excluding hydrogens is 517 g/mol. The second-order valence-electron chi connectivity index (χ2n) is 10.2. The summed E-state index contributed by atoms with van der Waals surface area (Å²) in [6.07, 6.45) is -0.253. The number of carbonyl (C=O) groups is 1. The van der Waals surface area contributed by atoms with E-state index in [4.69, 9.17) is 0 Å². The smallest absolute Gasteiger partial charge is 0.340 e. The van der Waals surface area contributed by atoms with E-state index in [1.807, 2.05) is 51.1 Å². The molecule has 2 N–H and O–H groups in total. The van der Waals surface area contributed by atoms with Crippen LogP contribution in [-0.4, -0.2) is 31.6 Å². The topological polar surface area (TPSA) is 84.7 Å². The van der Waals surface area contributed by atoms with Crippen molar-refractivity contribution in [1.82, 2.24) is 25.1 Å². The van der Waals surface area contributed by atoms with Crippen LogP contribution in [0, 0.1) is 13.8 Å². The maximum atomic E-state index is 13.6. The molecule has 208 valence electrons. The van der Waals surface area contributed by atoms with E-state index >= 15 is 0 Å². The van der Waals surface area contributed by atoms with Crippen LogP contribution in [0.3, 0.4) is 0 Å². The number of aromatic nitrogens is 4. The zero-order chi connectivity index (χ0) is 28.4. The molecule has 1 aliphatic carbocycles. The largest absolute Gasteiger partial charge is 0.416 e. The number of hydrogen-bond acceptors (Lipinski definition) is 6. The fourth-order valence-electron chi connectivity index (χ4n) is 4.47. The van der Waals surface area contributed by atoms with Gasteiger partial charge in [-0.25, -0.2) is 9.97 Å². The van der Waals surface area contributed by atoms with Gasteiger partial charge in [0.1, 0.15) is 12.1 Å². The molecule has 1 aliphatic rings. The molecule has 0 bridgehead atoms. The third-order valence-corrected chi connectivity index (χ3v) is 6.86. The minimum Gasteiger partial charge on any atom is -0.340 e. The SMILES string of the molecule is CCc1cc(-n2nc(C)cc2Nc2cc(CC(=O)c3cc(CNC4CC4)cc(C(F)(F)F)c3)ccc2C)ncn1. The molecule has 0 amide bonds. The highest BCUT2D eigenvalue weighted by Gasteiger charge is 2.32. The van der Waals surface area contributed by atoms with Crippen LogP contribution in [0.5, 0.6) is 0 Å². The first kappa shape index (κ1) is 27.5. The summed E-state index contributed by atoms with van der Waals surface area (Å²) in [6.45, 7) is 6.13. The summed E-state index contributed by atoms with van der Waals surface area (Å²) in [5.41, 5.74) is 3.77. The van der Waals surface area contributed by atoms with Crippen molar-refractivity contribution in [3.63, 3.8) is 0 Å². The highest BCUT2D eigenvalue weighted by Crippen LogP contribution is 2.32. The highest BCUT2D eigenvalue weighted by molar-refractivity contribution is 5.98. The van der Waals surface area contributed by atoms with Crippen LogP contribution in [0.15, 0.2) is 54.9 Å². The average Bonchev–Trinajstić information content (AvgIpc) is 3.69. The van der Waals surface area contributed by atoms with Gasteiger partial charge in [0.2, 0.25) is 0 Å². The fraction of sp³-hybridized carbons (Fsp3) is 0.333. The average molecular weight is 549 g/mol. The predicted octanol–water partition coefficient (Wildman–Crippen LogP) is 6.28. The van der Waals surface area contributed by atoms with Gasteiger partial charge in [0.05, 0.1) is 11.3 Å². The van der Waals surface area contributed by atoms with E-state index in [-0.39, 0.29) is 17.8 Å². The van der Waals surface area contributed by atoms with Gasteiger partial charge in [0.15, 0.2) is 11.6 Å². The van der Waals surface area contributed by atoms with E-state index in [1.54, 1.807) is 10.7 Å². The van der Waals surface area contributed by atoms with Gasteiger partial charge >= 0.3 is 6.18 Å². The zero-order valence-corrected chi connectivity index (χ0v) is 22.6. The Hall–Kier alpha value is -4.05. The molecule has 2 aromatic heterocycles. The Labute approximate surface area is 230 Å². The predicted molar refractivity (Wildman–Crippen MR) is 147 cm³/mol. The van der Waals surface area contributed by atoms with Gasteiger partial charge in [-0.2, -0.15) is 23.0 Å². The second kappa shape index (κ2) is 11.2. The molecule has 1 saturated carbocycles. The Morgan fingerprint density at radius 1 is 1.02 bits per heavy atom. The Bertz CT molecular complexity index is 1540. The molecule has 10 heteroatoms. The van der Waals surface area contributed by atoms with Gasteiger partial charge in [-0.3, -0.25) is 4.79 Å². The van der Waals surface area contributed by atoms with Crippen molar-refractivity contribution in [2.24, 2.45) is 0 Å². The molecule has 4 aromatic rings. The summed E-state index contributed by atoms with van der Waals surface area (Å²) in [6, 6.07) is 13.3. The van der Waals surface area contributed by atoms with Gasteiger partial charge in [-0.05, 0) is 74.1 Å². The number of carbonyl (C=O) groups excluding carboxylic acids is 1. The number of aryl methyl sites for hydroxylation is 3. The van der Waals surface area contributed by atoms with Crippen molar-refractivity contribution in [3.05, 3.63) is 94.1 Å². The van der Waals surface area contributed by atoms with Crippen LogP contribution in [0.2, 0.25) is 0 Å². The Morgan fingerprint density at radius 2 is 1.82 bits per heavy atom. The summed E-state index contributed by atoms with van der Waals surface area (Å²) in [5.74, 6) is 0.945. The number of hydrogen-bond donors (Lipinski definition) is 2. The molecule has 0 saturated heterocycles. The number of nitrogens with zero attached hydrogens (tertiary/aromatic N) is 4. The highest BCUT2D eigenvalue weighted by atomic mass is 19.4. The van der Waals surface area contributed by atoms with Gasteiger partial charge in [0, 0.05) is 48.1 Å². The maximum absolute atomic E-state index is 13.6. The summed E-state index contributed by atoms with van der Waals surface area (Å²) < 4.78 is 42.5. The summed E-state index contributed by atoms with van der Waals surface area (Å²) in [4.78, 5) is 21.8. The van der Waals surface area contributed by atoms with Crippen LogP contribution in [-0.2, 0) is 25.6 Å². The molecular formula is C30H31F3N6O. The molecule has 0 radical (unpaired) electrons. The molecule has 2 heterocycles. The lowest BCUT2D eigenvalue weighted by Gasteiger charge is -2.14. The van der Waals surface area contributed by atoms with E-state index < -0.39 is 11.7 Å². The van der Waals surface area contributed by atoms with Crippen LogP contribution >= 0.6 is 0 Å². The van der Waals surface area contributed by atoms with E-state index in [0.29, 0.717) is 35.3 Å². The van der Waals surface area contributed by atoms with E-state index in [9.17, 15) is 18.0 Å². The number of nitrogens with one attached hydrogen (secondary N) is 2. The number of Topliss-reactive ketones (excluding diaryl/α,β-unsaturated/α-hetero) is 1. The van der Waals surface area contributed by atoms with E-state index in [2.05, 4.69) is 25.7 Å². The first-order chi connectivity index (χ1) is 19.1. The summed E-state index contributed by atoms with van der Waals surface area (Å²) in [7, 11) is 0. The van der Waals surface area contributed by atoms with Crippen LogP contribution in [0.1, 0.15) is 63.8 Å². The van der Waals surface area contributed by atoms with Gasteiger partial charge in [-0.15, -0.1) is 0 Å². The first-order valence-corrected chi connectivity index (χ1v) is 13.3. The third-order valence-electron chi connectivity index (χ3n) is 6.86. The van der Waals surface area contributed by atoms with E-state index in [0.717, 1.165) is 54.0 Å². The molecule has 2 aromatic carbocycles. The molecule has 40 heavy (non-hydrogen) atoms. The molecule has 0 unspecified atom stereocenters. The summed E-state index contributed by atoms with van der Waals surface area (Å²) >= 11 is 0. The van der Waals surface area contributed by atoms with Crippen LogP contribution in [0.25, 0.3) is 5.82 Å². The number of rotatable bonds is 10. The minimum absolute atomic E-state index is 0.0319. The van der Waals surface area contributed by atoms with Gasteiger partial charge in [0.25, 0.3) is 0 Å². The zero-order valence-electron chi connectivity index (χ0n) is 22.6. The first-order valence-electron chi connectivity index (χ1n) is 13.3. The van der Waals surface area contributed by atoms with Crippen molar-refractivity contribution < 1.29 is 18.0 Å². The molecule has 0 atom stereocenters. The van der Waals surface area contributed by atoms with Crippen molar-refractivity contribution >= 4 is 17.3 Å². The molecule has 0 aliphatic heterocycles. The number of ketones is 1. The van der Waals surface area contributed by atoms with Crippen molar-refractivity contribution in [2.75, 3.05) is 5.32 Å². The van der Waals surface area contributed by atoms with E-state index in [1.165, 1.54) is 6.33 Å². The van der Waals surface area contributed by atoms with Crippen molar-refractivity contribution in [2.45, 2.75) is 65.2 Å².